The highest BCUT2D eigenvalue weighted by atomic mass is 16.3. The van der Waals surface area contributed by atoms with Crippen LogP contribution in [0.5, 0.6) is 0 Å². The summed E-state index contributed by atoms with van der Waals surface area (Å²) in [6.45, 7) is 1.92. The van der Waals surface area contributed by atoms with Crippen LogP contribution in [0.15, 0.2) is 53.7 Å². The monoisotopic (exact) mass is 255 g/mol. The highest BCUT2D eigenvalue weighted by molar-refractivity contribution is 6.00. The first-order valence-electron chi connectivity index (χ1n) is 5.76. The van der Waals surface area contributed by atoms with Crippen molar-refractivity contribution >= 4 is 23.1 Å². The lowest BCUT2D eigenvalue weighted by Gasteiger charge is -2.09. The van der Waals surface area contributed by atoms with E-state index in [1.807, 2.05) is 31.2 Å². The maximum Gasteiger partial charge on any atom is 0.323 e. The molecule has 0 bridgehead atoms. The second kappa shape index (κ2) is 5.77. The molecule has 0 unspecified atom stereocenters. The van der Waals surface area contributed by atoms with Gasteiger partial charge in [0.25, 0.3) is 0 Å². The average molecular weight is 255 g/mol. The smallest absolute Gasteiger partial charge is 0.308 e. The first-order chi connectivity index (χ1) is 9.19. The first-order valence-corrected chi connectivity index (χ1v) is 5.76. The van der Waals surface area contributed by atoms with Crippen molar-refractivity contribution < 1.29 is 4.79 Å². The minimum Gasteiger partial charge on any atom is -0.308 e. The minimum atomic E-state index is -0.332. The van der Waals surface area contributed by atoms with E-state index in [0.29, 0.717) is 11.4 Å². The molecule has 0 spiro atoms. The van der Waals surface area contributed by atoms with Gasteiger partial charge in [-0.1, -0.05) is 18.2 Å². The molecule has 0 aliphatic rings. The number of aryl methyl sites for hydroxylation is 1. The standard InChI is InChI=1S/C14H13N3O2/c1-10-4-2-3-5-13(10)16-14(18)15-11-6-8-12(17-19)9-7-11/h2-9H,1H3,(H2,15,16,18). The zero-order valence-electron chi connectivity index (χ0n) is 10.4. The largest absolute Gasteiger partial charge is 0.323 e. The van der Waals surface area contributed by atoms with Crippen LogP contribution in [0, 0.1) is 11.8 Å². The molecule has 2 amide bonds. The second-order valence-corrected chi connectivity index (χ2v) is 4.03. The number of hydrogen-bond acceptors (Lipinski definition) is 3. The molecule has 0 saturated carbocycles. The Morgan fingerprint density at radius 2 is 1.68 bits per heavy atom. The number of carbonyl (C=O) groups is 1. The molecule has 2 aromatic rings. The third-order valence-corrected chi connectivity index (χ3v) is 2.62. The van der Waals surface area contributed by atoms with Gasteiger partial charge in [0.05, 0.1) is 0 Å². The van der Waals surface area contributed by atoms with Gasteiger partial charge in [0, 0.05) is 11.4 Å². The minimum absolute atomic E-state index is 0.324. The van der Waals surface area contributed by atoms with E-state index < -0.39 is 0 Å². The van der Waals surface area contributed by atoms with Crippen molar-refractivity contribution in [2.24, 2.45) is 5.18 Å². The molecular weight excluding hydrogens is 242 g/mol. The fraction of sp³-hybridized carbons (Fsp3) is 0.0714. The summed E-state index contributed by atoms with van der Waals surface area (Å²) in [5.74, 6) is 0. The van der Waals surface area contributed by atoms with Crippen LogP contribution in [0.4, 0.5) is 21.9 Å². The Morgan fingerprint density at radius 3 is 2.32 bits per heavy atom. The maximum absolute atomic E-state index is 11.8. The first kappa shape index (κ1) is 12.8. The number of carbonyl (C=O) groups excluding carboxylic acids is 1. The van der Waals surface area contributed by atoms with Crippen molar-refractivity contribution in [1.29, 1.82) is 0 Å². The summed E-state index contributed by atoms with van der Waals surface area (Å²) in [5, 5.41) is 8.22. The summed E-state index contributed by atoms with van der Waals surface area (Å²) in [6.07, 6.45) is 0. The average Bonchev–Trinajstić information content (AvgIpc) is 2.42. The lowest BCUT2D eigenvalue weighted by atomic mass is 10.2. The van der Waals surface area contributed by atoms with Gasteiger partial charge >= 0.3 is 6.03 Å². The van der Waals surface area contributed by atoms with Gasteiger partial charge in [-0.25, -0.2) is 4.79 Å². The van der Waals surface area contributed by atoms with Crippen molar-refractivity contribution in [3.63, 3.8) is 0 Å². The topological polar surface area (TPSA) is 70.6 Å². The Morgan fingerprint density at radius 1 is 1.00 bits per heavy atom. The summed E-state index contributed by atoms with van der Waals surface area (Å²) in [7, 11) is 0. The van der Waals surface area contributed by atoms with E-state index in [-0.39, 0.29) is 6.03 Å². The zero-order valence-corrected chi connectivity index (χ0v) is 10.4. The Balaban J connectivity index is 2.01. The van der Waals surface area contributed by atoms with Gasteiger partial charge in [-0.15, -0.1) is 4.91 Å². The van der Waals surface area contributed by atoms with E-state index in [1.165, 1.54) is 12.1 Å². The molecule has 2 aromatic carbocycles. The van der Waals surface area contributed by atoms with E-state index >= 15 is 0 Å². The fourth-order valence-corrected chi connectivity index (χ4v) is 1.60. The molecule has 96 valence electrons. The number of para-hydroxylation sites is 1. The summed E-state index contributed by atoms with van der Waals surface area (Å²) in [5.41, 5.74) is 2.66. The summed E-state index contributed by atoms with van der Waals surface area (Å²) < 4.78 is 0. The Kier molecular flexibility index (Phi) is 3.87. The molecule has 0 radical (unpaired) electrons. The SMILES string of the molecule is Cc1ccccc1NC(=O)Nc1ccc(N=O)cc1. The molecule has 5 nitrogen and oxygen atoms in total. The lowest BCUT2D eigenvalue weighted by molar-refractivity contribution is 0.262. The molecule has 19 heavy (non-hydrogen) atoms. The molecule has 5 heteroatoms. The normalized spacial score (nSPS) is 9.74. The Labute approximate surface area is 110 Å². The molecular formula is C14H13N3O2. The van der Waals surface area contributed by atoms with E-state index in [1.54, 1.807) is 12.1 Å². The van der Waals surface area contributed by atoms with Gasteiger partial charge in [-0.05, 0) is 48.0 Å². The Bertz CT molecular complexity index is 594. The third kappa shape index (κ3) is 3.38. The molecule has 0 saturated heterocycles. The predicted molar refractivity (Wildman–Crippen MR) is 75.7 cm³/mol. The molecule has 0 aliphatic heterocycles. The summed E-state index contributed by atoms with van der Waals surface area (Å²) >= 11 is 0. The van der Waals surface area contributed by atoms with Gasteiger partial charge in [0.2, 0.25) is 0 Å². The van der Waals surface area contributed by atoms with Crippen molar-refractivity contribution in [1.82, 2.24) is 0 Å². The molecule has 0 atom stereocenters. The quantitative estimate of drug-likeness (QED) is 0.812. The fourth-order valence-electron chi connectivity index (χ4n) is 1.60. The van der Waals surface area contributed by atoms with E-state index in [9.17, 15) is 9.70 Å². The molecule has 0 heterocycles. The van der Waals surface area contributed by atoms with Crippen molar-refractivity contribution in [3.8, 4) is 0 Å². The van der Waals surface area contributed by atoms with E-state index in [4.69, 9.17) is 0 Å². The van der Waals surface area contributed by atoms with Gasteiger partial charge in [0.1, 0.15) is 5.69 Å². The van der Waals surface area contributed by atoms with Crippen LogP contribution in [-0.2, 0) is 0 Å². The Hall–Kier alpha value is -2.69. The number of anilines is 2. The van der Waals surface area contributed by atoms with Crippen LogP contribution in [-0.4, -0.2) is 6.03 Å². The number of nitrogens with zero attached hydrogens (tertiary/aromatic N) is 1. The number of urea groups is 1. The predicted octanol–water partition coefficient (Wildman–Crippen LogP) is 4.04. The number of rotatable bonds is 3. The van der Waals surface area contributed by atoms with E-state index in [0.717, 1.165) is 11.3 Å². The zero-order chi connectivity index (χ0) is 13.7. The molecule has 2 rings (SSSR count). The number of nitroso groups, excluding NO2 is 1. The van der Waals surface area contributed by atoms with Gasteiger partial charge < -0.3 is 10.6 Å². The van der Waals surface area contributed by atoms with Gasteiger partial charge in [-0.2, -0.15) is 0 Å². The van der Waals surface area contributed by atoms with Gasteiger partial charge in [0.15, 0.2) is 0 Å². The number of hydrogen-bond donors (Lipinski definition) is 2. The van der Waals surface area contributed by atoms with Crippen LogP contribution in [0.2, 0.25) is 0 Å². The molecule has 0 aromatic heterocycles. The second-order valence-electron chi connectivity index (χ2n) is 4.03. The van der Waals surface area contributed by atoms with E-state index in [2.05, 4.69) is 15.8 Å². The highest BCUT2D eigenvalue weighted by Gasteiger charge is 2.04. The van der Waals surface area contributed by atoms with Crippen LogP contribution < -0.4 is 10.6 Å². The molecule has 0 fully saturated rings. The van der Waals surface area contributed by atoms with Crippen molar-refractivity contribution in [3.05, 3.63) is 59.0 Å². The van der Waals surface area contributed by atoms with Crippen LogP contribution in [0.25, 0.3) is 0 Å². The summed E-state index contributed by atoms with van der Waals surface area (Å²) in [4.78, 5) is 22.1. The van der Waals surface area contributed by atoms with Gasteiger partial charge in [-0.3, -0.25) is 0 Å². The highest BCUT2D eigenvalue weighted by Crippen LogP contribution is 2.17. The number of amides is 2. The number of nitrogens with one attached hydrogen (secondary N) is 2. The third-order valence-electron chi connectivity index (χ3n) is 2.62. The number of benzene rings is 2. The lowest BCUT2D eigenvalue weighted by Crippen LogP contribution is -2.19. The van der Waals surface area contributed by atoms with Crippen molar-refractivity contribution in [2.45, 2.75) is 6.92 Å². The van der Waals surface area contributed by atoms with Crippen molar-refractivity contribution in [2.75, 3.05) is 10.6 Å². The van der Waals surface area contributed by atoms with Crippen LogP contribution in [0.3, 0.4) is 0 Å². The molecule has 2 N–H and O–H groups in total. The van der Waals surface area contributed by atoms with Crippen LogP contribution >= 0.6 is 0 Å². The van der Waals surface area contributed by atoms with Crippen LogP contribution in [0.1, 0.15) is 5.56 Å². The molecule has 0 aliphatic carbocycles. The maximum atomic E-state index is 11.8. The summed E-state index contributed by atoms with van der Waals surface area (Å²) in [6, 6.07) is 13.5.